The minimum Gasteiger partial charge on any atom is -0.354 e. The number of sulfonamides is 1. The van der Waals surface area contributed by atoms with Gasteiger partial charge in [-0.25, -0.2) is 8.42 Å². The molecule has 0 heterocycles. The molecule has 3 rings (SSSR count). The summed E-state index contributed by atoms with van der Waals surface area (Å²) in [7, 11) is -2.61. The average molecular weight is 565 g/mol. The predicted octanol–water partition coefficient (Wildman–Crippen LogP) is 5.10. The smallest absolute Gasteiger partial charge is 0.243 e. The number of hydrogen-bond acceptors (Lipinski definition) is 4. The van der Waals surface area contributed by atoms with E-state index in [9.17, 15) is 18.0 Å². The quantitative estimate of drug-likeness (QED) is 0.351. The second-order valence-electron chi connectivity index (χ2n) is 8.76. The van der Waals surface area contributed by atoms with Crippen molar-refractivity contribution in [1.82, 2.24) is 14.5 Å². The number of nitrogens with one attached hydrogen (secondary N) is 1. The Balaban J connectivity index is 1.89. The number of carbonyl (C=O) groups excluding carboxylic acids is 2. The van der Waals surface area contributed by atoms with E-state index < -0.39 is 28.5 Å². The Morgan fingerprint density at radius 1 is 0.946 bits per heavy atom. The van der Waals surface area contributed by atoms with Gasteiger partial charge >= 0.3 is 0 Å². The van der Waals surface area contributed by atoms with Crippen LogP contribution in [0.4, 0.5) is 0 Å². The normalized spacial score (nSPS) is 12.5. The molecule has 0 bridgehead atoms. The minimum atomic E-state index is -3.96. The first-order chi connectivity index (χ1) is 17.6. The number of hydrogen-bond donors (Lipinski definition) is 1. The first kappa shape index (κ1) is 28.9. The van der Waals surface area contributed by atoms with Crippen molar-refractivity contribution in [2.75, 3.05) is 20.1 Å². The molecule has 3 aromatic rings. The van der Waals surface area contributed by atoms with Gasteiger partial charge in [-0.2, -0.15) is 4.31 Å². The molecule has 0 aromatic heterocycles. The lowest BCUT2D eigenvalue weighted by atomic mass is 10.1. The summed E-state index contributed by atoms with van der Waals surface area (Å²) in [5.41, 5.74) is 0.671. The fraction of sp³-hybridized carbons (Fsp3) is 0.333. The van der Waals surface area contributed by atoms with E-state index in [0.29, 0.717) is 28.6 Å². The van der Waals surface area contributed by atoms with Gasteiger partial charge in [0, 0.05) is 20.1 Å². The molecule has 198 valence electrons. The summed E-state index contributed by atoms with van der Waals surface area (Å²) in [5.74, 6) is -0.797. The highest BCUT2D eigenvalue weighted by molar-refractivity contribution is 7.89. The molecule has 2 amide bonds. The Hall–Kier alpha value is -2.65. The molecule has 1 atom stereocenters. The molecule has 7 nitrogen and oxygen atoms in total. The molecule has 0 unspecified atom stereocenters. The standard InChI is InChI=1S/C27H31Cl2N3O4S/c1-4-14-30-27(34)25(5-2)32(17-19-10-13-23(28)24(29)15-19)26(33)18-31(3)37(35,36)22-12-11-20-8-6-7-9-21(20)16-22/h6-13,15-16,25H,4-5,14,17-18H2,1-3H3,(H,30,34)/t25-/m0/s1. The zero-order chi connectivity index (χ0) is 27.2. The van der Waals surface area contributed by atoms with E-state index in [1.807, 2.05) is 31.2 Å². The van der Waals surface area contributed by atoms with Gasteiger partial charge in [-0.15, -0.1) is 0 Å². The summed E-state index contributed by atoms with van der Waals surface area (Å²) in [4.78, 5) is 28.0. The van der Waals surface area contributed by atoms with E-state index in [1.165, 1.54) is 18.0 Å². The van der Waals surface area contributed by atoms with Crippen molar-refractivity contribution < 1.29 is 18.0 Å². The van der Waals surface area contributed by atoms with Crippen LogP contribution in [0.2, 0.25) is 10.0 Å². The lowest BCUT2D eigenvalue weighted by Gasteiger charge is -2.32. The van der Waals surface area contributed by atoms with Crippen LogP contribution in [0.25, 0.3) is 10.8 Å². The predicted molar refractivity (Wildman–Crippen MR) is 148 cm³/mol. The zero-order valence-corrected chi connectivity index (χ0v) is 23.4. The molecule has 37 heavy (non-hydrogen) atoms. The fourth-order valence-electron chi connectivity index (χ4n) is 3.99. The van der Waals surface area contributed by atoms with E-state index >= 15 is 0 Å². The summed E-state index contributed by atoms with van der Waals surface area (Å²) in [6, 6.07) is 16.5. The van der Waals surface area contributed by atoms with Crippen molar-refractivity contribution in [2.24, 2.45) is 0 Å². The van der Waals surface area contributed by atoms with Crippen LogP contribution in [0.3, 0.4) is 0 Å². The maximum absolute atomic E-state index is 13.6. The number of likely N-dealkylation sites (N-methyl/N-ethyl adjacent to an activating group) is 1. The topological polar surface area (TPSA) is 86.8 Å². The molecule has 10 heteroatoms. The van der Waals surface area contributed by atoms with Crippen LogP contribution in [-0.2, 0) is 26.2 Å². The minimum absolute atomic E-state index is 0.0671. The maximum Gasteiger partial charge on any atom is 0.243 e. The molecule has 0 aliphatic heterocycles. The lowest BCUT2D eigenvalue weighted by Crippen LogP contribution is -2.51. The monoisotopic (exact) mass is 563 g/mol. The summed E-state index contributed by atoms with van der Waals surface area (Å²) >= 11 is 12.2. The van der Waals surface area contributed by atoms with Crippen molar-refractivity contribution in [3.8, 4) is 0 Å². The molecule has 0 spiro atoms. The number of carbonyl (C=O) groups is 2. The van der Waals surface area contributed by atoms with Crippen LogP contribution in [0.5, 0.6) is 0 Å². The van der Waals surface area contributed by atoms with E-state index in [-0.39, 0.29) is 17.3 Å². The van der Waals surface area contributed by atoms with Gasteiger partial charge < -0.3 is 10.2 Å². The number of fused-ring (bicyclic) bond motifs is 1. The molecule has 3 aromatic carbocycles. The molecular weight excluding hydrogens is 533 g/mol. The zero-order valence-electron chi connectivity index (χ0n) is 21.1. The summed E-state index contributed by atoms with van der Waals surface area (Å²) in [5, 5.41) is 5.23. The lowest BCUT2D eigenvalue weighted by molar-refractivity contribution is -0.141. The Morgan fingerprint density at radius 2 is 1.65 bits per heavy atom. The number of benzene rings is 3. The first-order valence-corrected chi connectivity index (χ1v) is 14.2. The van der Waals surface area contributed by atoms with Gasteiger partial charge in [0.1, 0.15) is 6.04 Å². The Labute approximate surface area is 228 Å². The summed E-state index contributed by atoms with van der Waals surface area (Å²) in [6.07, 6.45) is 1.10. The Morgan fingerprint density at radius 3 is 2.30 bits per heavy atom. The molecule has 0 radical (unpaired) electrons. The highest BCUT2D eigenvalue weighted by Crippen LogP contribution is 2.25. The third kappa shape index (κ3) is 7.02. The number of rotatable bonds is 11. The van der Waals surface area contributed by atoms with Crippen LogP contribution < -0.4 is 5.32 Å². The fourth-order valence-corrected chi connectivity index (χ4v) is 5.47. The van der Waals surface area contributed by atoms with Gasteiger partial charge in [0.25, 0.3) is 0 Å². The van der Waals surface area contributed by atoms with Crippen LogP contribution >= 0.6 is 23.2 Å². The third-order valence-electron chi connectivity index (χ3n) is 6.06. The van der Waals surface area contributed by atoms with Gasteiger partial charge in [0.05, 0.1) is 21.5 Å². The van der Waals surface area contributed by atoms with Crippen molar-refractivity contribution in [3.05, 3.63) is 76.3 Å². The summed E-state index contributed by atoms with van der Waals surface area (Å²) in [6.45, 7) is 3.85. The van der Waals surface area contributed by atoms with Crippen molar-refractivity contribution >= 4 is 55.8 Å². The van der Waals surface area contributed by atoms with Gasteiger partial charge in [-0.1, -0.05) is 73.4 Å². The van der Waals surface area contributed by atoms with Crippen LogP contribution in [-0.4, -0.2) is 55.6 Å². The number of halogens is 2. The Bertz CT molecular complexity index is 1380. The van der Waals surface area contributed by atoms with Crippen LogP contribution in [0.15, 0.2) is 65.6 Å². The van der Waals surface area contributed by atoms with Gasteiger partial charge in [-0.05, 0) is 53.4 Å². The SMILES string of the molecule is CCCNC(=O)[C@H](CC)N(Cc1ccc(Cl)c(Cl)c1)C(=O)CN(C)S(=O)(=O)c1ccc2ccccc2c1. The molecule has 0 aliphatic rings. The highest BCUT2D eigenvalue weighted by atomic mass is 35.5. The average Bonchev–Trinajstić information content (AvgIpc) is 2.88. The van der Waals surface area contributed by atoms with E-state index in [4.69, 9.17) is 23.2 Å². The number of amides is 2. The van der Waals surface area contributed by atoms with Crippen LogP contribution in [0.1, 0.15) is 32.3 Å². The first-order valence-electron chi connectivity index (χ1n) is 12.0. The van der Waals surface area contributed by atoms with Gasteiger partial charge in [0.15, 0.2) is 0 Å². The molecule has 1 N–H and O–H groups in total. The Kier molecular flexibility index (Phi) is 9.95. The van der Waals surface area contributed by atoms with Crippen LogP contribution in [0, 0.1) is 0 Å². The second kappa shape index (κ2) is 12.7. The highest BCUT2D eigenvalue weighted by Gasteiger charge is 2.31. The largest absolute Gasteiger partial charge is 0.354 e. The molecular formula is C27H31Cl2N3O4S. The molecule has 0 saturated carbocycles. The molecule has 0 saturated heterocycles. The number of nitrogens with zero attached hydrogens (tertiary/aromatic N) is 2. The summed E-state index contributed by atoms with van der Waals surface area (Å²) < 4.78 is 27.7. The van der Waals surface area contributed by atoms with E-state index in [1.54, 1.807) is 37.3 Å². The maximum atomic E-state index is 13.6. The molecule has 0 fully saturated rings. The van der Waals surface area contributed by atoms with Gasteiger partial charge in [-0.3, -0.25) is 9.59 Å². The van der Waals surface area contributed by atoms with Crippen molar-refractivity contribution in [3.63, 3.8) is 0 Å². The van der Waals surface area contributed by atoms with Crippen molar-refractivity contribution in [2.45, 2.75) is 44.2 Å². The van der Waals surface area contributed by atoms with Gasteiger partial charge in [0.2, 0.25) is 21.8 Å². The van der Waals surface area contributed by atoms with E-state index in [2.05, 4.69) is 5.32 Å². The van der Waals surface area contributed by atoms with Crippen molar-refractivity contribution in [1.29, 1.82) is 0 Å². The third-order valence-corrected chi connectivity index (χ3v) is 8.60. The molecule has 0 aliphatic carbocycles. The van der Waals surface area contributed by atoms with E-state index in [0.717, 1.165) is 21.5 Å². The second-order valence-corrected chi connectivity index (χ2v) is 11.6.